The number of hydrogen-bond donors (Lipinski definition) is 1. The van der Waals surface area contributed by atoms with E-state index in [1.807, 2.05) is 6.07 Å². The standard InChI is InChI=1S/C13H10N4OS/c14-7-10-3-1-2-4-11(10)17-12(18)9-19-13-8-15-5-6-16-13/h1-6,8H,9H2,(H,17,18). The Hall–Kier alpha value is -2.39. The molecule has 0 saturated carbocycles. The molecule has 1 aromatic heterocycles. The summed E-state index contributed by atoms with van der Waals surface area (Å²) in [6.07, 6.45) is 4.75. The van der Waals surface area contributed by atoms with Crippen LogP contribution in [0.1, 0.15) is 5.56 Å². The second-order valence-electron chi connectivity index (χ2n) is 3.54. The molecule has 0 spiro atoms. The van der Waals surface area contributed by atoms with Crippen molar-refractivity contribution in [3.05, 3.63) is 48.4 Å². The van der Waals surface area contributed by atoms with E-state index in [9.17, 15) is 4.79 Å². The number of benzene rings is 1. The third-order valence-electron chi connectivity index (χ3n) is 2.21. The van der Waals surface area contributed by atoms with Gasteiger partial charge in [0, 0.05) is 12.4 Å². The van der Waals surface area contributed by atoms with Gasteiger partial charge in [0.15, 0.2) is 0 Å². The maximum atomic E-state index is 11.8. The van der Waals surface area contributed by atoms with E-state index in [-0.39, 0.29) is 11.7 Å². The van der Waals surface area contributed by atoms with E-state index in [1.165, 1.54) is 11.8 Å². The van der Waals surface area contributed by atoms with Crippen LogP contribution >= 0.6 is 11.8 Å². The van der Waals surface area contributed by atoms with E-state index >= 15 is 0 Å². The summed E-state index contributed by atoms with van der Waals surface area (Å²) in [5, 5.41) is 12.3. The second kappa shape index (κ2) is 6.52. The Kier molecular flexibility index (Phi) is 4.48. The number of carbonyl (C=O) groups excluding carboxylic acids is 1. The van der Waals surface area contributed by atoms with Crippen molar-refractivity contribution in [3.63, 3.8) is 0 Å². The van der Waals surface area contributed by atoms with Gasteiger partial charge in [-0.05, 0) is 12.1 Å². The van der Waals surface area contributed by atoms with Gasteiger partial charge in [-0.25, -0.2) is 4.98 Å². The molecule has 0 aliphatic rings. The van der Waals surface area contributed by atoms with Crippen LogP contribution in [0.15, 0.2) is 47.9 Å². The first-order chi connectivity index (χ1) is 9.29. The Morgan fingerprint density at radius 2 is 2.21 bits per heavy atom. The molecular formula is C13H10N4OS. The van der Waals surface area contributed by atoms with Crippen molar-refractivity contribution in [2.24, 2.45) is 0 Å². The fourth-order valence-electron chi connectivity index (χ4n) is 1.38. The zero-order chi connectivity index (χ0) is 13.5. The van der Waals surface area contributed by atoms with Crippen LogP contribution in [-0.4, -0.2) is 21.6 Å². The third-order valence-corrected chi connectivity index (χ3v) is 3.13. The largest absolute Gasteiger partial charge is 0.324 e. The Balaban J connectivity index is 1.93. The number of anilines is 1. The summed E-state index contributed by atoms with van der Waals surface area (Å²) in [4.78, 5) is 19.7. The van der Waals surface area contributed by atoms with Gasteiger partial charge in [0.05, 0.1) is 23.2 Å². The van der Waals surface area contributed by atoms with E-state index < -0.39 is 0 Å². The number of para-hydroxylation sites is 1. The fraction of sp³-hybridized carbons (Fsp3) is 0.0769. The van der Waals surface area contributed by atoms with E-state index in [2.05, 4.69) is 15.3 Å². The second-order valence-corrected chi connectivity index (χ2v) is 4.53. The lowest BCUT2D eigenvalue weighted by Crippen LogP contribution is -2.14. The highest BCUT2D eigenvalue weighted by molar-refractivity contribution is 7.99. The van der Waals surface area contributed by atoms with Gasteiger partial charge in [0.25, 0.3) is 0 Å². The molecule has 0 radical (unpaired) electrons. The molecule has 0 aliphatic heterocycles. The van der Waals surface area contributed by atoms with Gasteiger partial charge in [-0.15, -0.1) is 0 Å². The SMILES string of the molecule is N#Cc1ccccc1NC(=O)CSc1cnccn1. The minimum atomic E-state index is -0.182. The average Bonchev–Trinajstić information content (AvgIpc) is 2.47. The van der Waals surface area contributed by atoms with Gasteiger partial charge in [-0.3, -0.25) is 9.78 Å². The van der Waals surface area contributed by atoms with Crippen molar-refractivity contribution in [2.45, 2.75) is 5.03 Å². The van der Waals surface area contributed by atoms with Crippen LogP contribution in [0.25, 0.3) is 0 Å². The Bertz CT molecular complexity index is 610. The van der Waals surface area contributed by atoms with Crippen molar-refractivity contribution in [1.29, 1.82) is 5.26 Å². The van der Waals surface area contributed by atoms with E-state index in [0.717, 1.165) is 0 Å². The first kappa shape index (κ1) is 13.1. The molecule has 1 heterocycles. The minimum Gasteiger partial charge on any atom is -0.324 e. The summed E-state index contributed by atoms with van der Waals surface area (Å²) in [5.74, 6) is 0.0386. The van der Waals surface area contributed by atoms with E-state index in [4.69, 9.17) is 5.26 Å². The lowest BCUT2D eigenvalue weighted by molar-refractivity contribution is -0.113. The van der Waals surface area contributed by atoms with Crippen LogP contribution in [-0.2, 0) is 4.79 Å². The van der Waals surface area contributed by atoms with Gasteiger partial charge in [0.2, 0.25) is 5.91 Å². The predicted molar refractivity (Wildman–Crippen MR) is 72.5 cm³/mol. The molecule has 1 aromatic carbocycles. The summed E-state index contributed by atoms with van der Waals surface area (Å²) in [7, 11) is 0. The van der Waals surface area contributed by atoms with Crippen LogP contribution in [0, 0.1) is 11.3 Å². The number of rotatable bonds is 4. The molecule has 0 saturated heterocycles. The van der Waals surface area contributed by atoms with Gasteiger partial charge < -0.3 is 5.32 Å². The number of nitriles is 1. The summed E-state index contributed by atoms with van der Waals surface area (Å²) in [5.41, 5.74) is 0.968. The highest BCUT2D eigenvalue weighted by atomic mass is 32.2. The number of hydrogen-bond acceptors (Lipinski definition) is 5. The highest BCUT2D eigenvalue weighted by Gasteiger charge is 2.07. The van der Waals surface area contributed by atoms with Crippen molar-refractivity contribution in [2.75, 3.05) is 11.1 Å². The smallest absolute Gasteiger partial charge is 0.234 e. The van der Waals surface area contributed by atoms with Gasteiger partial charge in [-0.1, -0.05) is 23.9 Å². The Labute approximate surface area is 114 Å². The van der Waals surface area contributed by atoms with Gasteiger partial charge in [-0.2, -0.15) is 5.26 Å². The number of thioether (sulfide) groups is 1. The molecule has 0 atom stereocenters. The zero-order valence-electron chi connectivity index (χ0n) is 9.91. The maximum absolute atomic E-state index is 11.8. The van der Waals surface area contributed by atoms with Gasteiger partial charge in [0.1, 0.15) is 11.1 Å². The lowest BCUT2D eigenvalue weighted by Gasteiger charge is -2.06. The van der Waals surface area contributed by atoms with Crippen molar-refractivity contribution in [3.8, 4) is 6.07 Å². The molecule has 94 valence electrons. The number of nitrogens with one attached hydrogen (secondary N) is 1. The zero-order valence-corrected chi connectivity index (χ0v) is 10.7. The summed E-state index contributed by atoms with van der Waals surface area (Å²) >= 11 is 1.29. The molecule has 0 aliphatic carbocycles. The monoisotopic (exact) mass is 270 g/mol. The minimum absolute atomic E-state index is 0.182. The molecule has 6 heteroatoms. The molecule has 0 fully saturated rings. The number of carbonyl (C=O) groups is 1. The van der Waals surface area contributed by atoms with Gasteiger partial charge >= 0.3 is 0 Å². The number of amides is 1. The topological polar surface area (TPSA) is 78.7 Å². The molecule has 1 N–H and O–H groups in total. The van der Waals surface area contributed by atoms with Crippen LogP contribution < -0.4 is 5.32 Å². The van der Waals surface area contributed by atoms with Crippen molar-refractivity contribution < 1.29 is 4.79 Å². The number of aromatic nitrogens is 2. The van der Waals surface area contributed by atoms with Crippen LogP contribution in [0.3, 0.4) is 0 Å². The lowest BCUT2D eigenvalue weighted by atomic mass is 10.2. The first-order valence-electron chi connectivity index (χ1n) is 5.47. The molecule has 1 amide bonds. The number of nitrogens with zero attached hydrogens (tertiary/aromatic N) is 3. The molecule has 0 unspecified atom stereocenters. The Morgan fingerprint density at radius 3 is 2.95 bits per heavy atom. The molecule has 19 heavy (non-hydrogen) atoms. The molecule has 0 bridgehead atoms. The van der Waals surface area contributed by atoms with E-state index in [0.29, 0.717) is 16.3 Å². The summed E-state index contributed by atoms with van der Waals surface area (Å²) in [6, 6.07) is 8.91. The normalized spacial score (nSPS) is 9.63. The quantitative estimate of drug-likeness (QED) is 0.860. The van der Waals surface area contributed by atoms with Crippen molar-refractivity contribution in [1.82, 2.24) is 9.97 Å². The Morgan fingerprint density at radius 1 is 1.37 bits per heavy atom. The molecule has 5 nitrogen and oxygen atoms in total. The molecule has 2 aromatic rings. The maximum Gasteiger partial charge on any atom is 0.234 e. The predicted octanol–water partition coefficient (Wildman–Crippen LogP) is 2.08. The first-order valence-corrected chi connectivity index (χ1v) is 6.46. The van der Waals surface area contributed by atoms with Crippen LogP contribution in [0.5, 0.6) is 0 Å². The summed E-state index contributed by atoms with van der Waals surface area (Å²) < 4.78 is 0. The highest BCUT2D eigenvalue weighted by Crippen LogP contribution is 2.16. The third kappa shape index (κ3) is 3.79. The van der Waals surface area contributed by atoms with E-state index in [1.54, 1.807) is 42.9 Å². The fourth-order valence-corrected chi connectivity index (χ4v) is 2.00. The average molecular weight is 270 g/mol. The molecule has 2 rings (SSSR count). The molecular weight excluding hydrogens is 260 g/mol. The van der Waals surface area contributed by atoms with Crippen LogP contribution in [0.4, 0.5) is 5.69 Å². The van der Waals surface area contributed by atoms with Crippen molar-refractivity contribution >= 4 is 23.4 Å². The summed E-state index contributed by atoms with van der Waals surface area (Å²) in [6.45, 7) is 0. The van der Waals surface area contributed by atoms with Crippen LogP contribution in [0.2, 0.25) is 0 Å².